The molecule has 4 rings (SSSR count). The average molecular weight is 540 g/mol. The lowest BCUT2D eigenvalue weighted by atomic mass is 10.2. The number of rotatable bonds is 8. The van der Waals surface area contributed by atoms with Gasteiger partial charge >= 0.3 is 5.69 Å². The molecule has 0 aliphatic rings. The van der Waals surface area contributed by atoms with Gasteiger partial charge in [-0.25, -0.2) is 14.8 Å². The monoisotopic (exact) mass is 539 g/mol. The van der Waals surface area contributed by atoms with E-state index in [2.05, 4.69) is 31.2 Å². The number of methoxy groups -OCH3 is 1. The third-order valence-corrected chi connectivity index (χ3v) is 5.86. The van der Waals surface area contributed by atoms with Gasteiger partial charge in [0.2, 0.25) is 5.88 Å². The van der Waals surface area contributed by atoms with Crippen LogP contribution in [-0.4, -0.2) is 38.7 Å². The summed E-state index contributed by atoms with van der Waals surface area (Å²) in [6, 6.07) is 12.1. The molecular weight excluding hydrogens is 518 g/mol. The molecule has 1 amide bonds. The van der Waals surface area contributed by atoms with Crippen molar-refractivity contribution in [2.24, 2.45) is 7.05 Å². The summed E-state index contributed by atoms with van der Waals surface area (Å²) in [5.41, 5.74) is 0.162. The Morgan fingerprint density at radius 3 is 2.54 bits per heavy atom. The number of amides is 1. The highest BCUT2D eigenvalue weighted by Crippen LogP contribution is 2.16. The molecule has 0 aliphatic carbocycles. The van der Waals surface area contributed by atoms with Crippen LogP contribution in [0.5, 0.6) is 11.6 Å². The molecule has 10 nitrogen and oxygen atoms in total. The fourth-order valence-electron chi connectivity index (χ4n) is 3.42. The molecule has 35 heavy (non-hydrogen) atoms. The minimum Gasteiger partial charge on any atom is -0.492 e. The zero-order chi connectivity index (χ0) is 24.9. The molecule has 4 aromatic rings. The summed E-state index contributed by atoms with van der Waals surface area (Å²) in [5.74, 6) is 0.635. The predicted molar refractivity (Wildman–Crippen MR) is 133 cm³/mol. The van der Waals surface area contributed by atoms with Crippen LogP contribution in [0.15, 0.2) is 68.9 Å². The Bertz CT molecular complexity index is 1480. The van der Waals surface area contributed by atoms with Crippen LogP contribution in [0.3, 0.4) is 0 Å². The van der Waals surface area contributed by atoms with Crippen LogP contribution >= 0.6 is 15.9 Å². The van der Waals surface area contributed by atoms with E-state index in [0.717, 1.165) is 14.6 Å². The molecular formula is C24H22BrN5O5. The zero-order valence-corrected chi connectivity index (χ0v) is 20.6. The fourth-order valence-corrected chi connectivity index (χ4v) is 3.68. The SMILES string of the molecule is COc1ccc(CNC(=O)c2cc3c(=O)n(CCOc4ccc(Br)cc4)c(=O)n(C)c3cn2)cn1. The van der Waals surface area contributed by atoms with E-state index in [0.29, 0.717) is 17.1 Å². The normalized spacial score (nSPS) is 10.8. The molecule has 0 bridgehead atoms. The van der Waals surface area contributed by atoms with Crippen molar-refractivity contribution in [3.05, 3.63) is 91.4 Å². The van der Waals surface area contributed by atoms with E-state index in [9.17, 15) is 14.4 Å². The zero-order valence-electron chi connectivity index (χ0n) is 19.0. The van der Waals surface area contributed by atoms with Gasteiger partial charge in [-0.2, -0.15) is 0 Å². The number of hydrogen-bond donors (Lipinski definition) is 1. The van der Waals surface area contributed by atoms with Gasteiger partial charge < -0.3 is 14.8 Å². The molecule has 11 heteroatoms. The van der Waals surface area contributed by atoms with Crippen LogP contribution in [0.25, 0.3) is 10.9 Å². The molecule has 0 fully saturated rings. The number of ether oxygens (including phenoxy) is 2. The van der Waals surface area contributed by atoms with Gasteiger partial charge in [0.1, 0.15) is 18.1 Å². The first-order valence-corrected chi connectivity index (χ1v) is 11.4. The van der Waals surface area contributed by atoms with Crippen LogP contribution in [-0.2, 0) is 20.1 Å². The summed E-state index contributed by atoms with van der Waals surface area (Å²) < 4.78 is 14.0. The first-order chi connectivity index (χ1) is 16.9. The number of pyridine rings is 2. The van der Waals surface area contributed by atoms with E-state index in [1.807, 2.05) is 12.1 Å². The van der Waals surface area contributed by atoms with E-state index in [-0.39, 0.29) is 30.8 Å². The van der Waals surface area contributed by atoms with Gasteiger partial charge in [-0.3, -0.25) is 18.7 Å². The molecule has 1 N–H and O–H groups in total. The molecule has 180 valence electrons. The third kappa shape index (κ3) is 5.40. The molecule has 0 saturated carbocycles. The van der Waals surface area contributed by atoms with E-state index in [1.54, 1.807) is 37.5 Å². The van der Waals surface area contributed by atoms with Crippen LogP contribution in [0, 0.1) is 0 Å². The third-order valence-electron chi connectivity index (χ3n) is 5.33. The van der Waals surface area contributed by atoms with Gasteiger partial charge in [-0.1, -0.05) is 22.0 Å². The van der Waals surface area contributed by atoms with Crippen molar-refractivity contribution in [3.8, 4) is 11.6 Å². The Morgan fingerprint density at radius 2 is 1.86 bits per heavy atom. The van der Waals surface area contributed by atoms with Gasteiger partial charge in [0, 0.05) is 30.3 Å². The smallest absolute Gasteiger partial charge is 0.331 e. The highest BCUT2D eigenvalue weighted by atomic mass is 79.9. The Balaban J connectivity index is 1.53. The Hall–Kier alpha value is -3.99. The number of fused-ring (bicyclic) bond motifs is 1. The number of halogens is 1. The number of benzene rings is 1. The summed E-state index contributed by atoms with van der Waals surface area (Å²) in [5, 5.41) is 2.96. The number of aromatic nitrogens is 4. The lowest BCUT2D eigenvalue weighted by Gasteiger charge is -2.12. The van der Waals surface area contributed by atoms with E-state index < -0.39 is 17.2 Å². The molecule has 0 spiro atoms. The number of hydrogen-bond acceptors (Lipinski definition) is 7. The lowest BCUT2D eigenvalue weighted by Crippen LogP contribution is -2.40. The van der Waals surface area contributed by atoms with Crippen molar-refractivity contribution in [3.63, 3.8) is 0 Å². The molecule has 1 aromatic carbocycles. The summed E-state index contributed by atoms with van der Waals surface area (Å²) >= 11 is 3.36. The Labute approximate surface area is 208 Å². The summed E-state index contributed by atoms with van der Waals surface area (Å²) in [4.78, 5) is 46.8. The highest BCUT2D eigenvalue weighted by Gasteiger charge is 2.15. The van der Waals surface area contributed by atoms with Crippen molar-refractivity contribution in [1.29, 1.82) is 0 Å². The fraction of sp³-hybridized carbons (Fsp3) is 0.208. The predicted octanol–water partition coefficient (Wildman–Crippen LogP) is 2.27. The number of carbonyl (C=O) groups is 1. The maximum Gasteiger partial charge on any atom is 0.331 e. The minimum absolute atomic E-state index is 0.0475. The topological polar surface area (TPSA) is 117 Å². The second kappa shape index (κ2) is 10.5. The largest absolute Gasteiger partial charge is 0.492 e. The van der Waals surface area contributed by atoms with Crippen LogP contribution in [0.2, 0.25) is 0 Å². The molecule has 0 aliphatic heterocycles. The summed E-state index contributed by atoms with van der Waals surface area (Å²) in [6.45, 7) is 0.392. The maximum absolute atomic E-state index is 13.1. The van der Waals surface area contributed by atoms with E-state index >= 15 is 0 Å². The second-order valence-corrected chi connectivity index (χ2v) is 8.49. The maximum atomic E-state index is 13.1. The van der Waals surface area contributed by atoms with Gasteiger partial charge in [-0.05, 0) is 35.9 Å². The molecule has 0 unspecified atom stereocenters. The lowest BCUT2D eigenvalue weighted by molar-refractivity contribution is 0.0946. The van der Waals surface area contributed by atoms with Gasteiger partial charge in [0.15, 0.2) is 0 Å². The van der Waals surface area contributed by atoms with E-state index in [1.165, 1.54) is 23.9 Å². The quantitative estimate of drug-likeness (QED) is 0.365. The van der Waals surface area contributed by atoms with Crippen molar-refractivity contribution >= 4 is 32.7 Å². The standard InChI is InChI=1S/C24H22BrN5O5/c1-29-20-14-26-19(22(31)28-13-15-3-8-21(34-2)27-12-15)11-18(20)23(32)30(24(29)33)9-10-35-17-6-4-16(25)5-7-17/h3-8,11-12,14H,9-10,13H2,1-2H3,(H,28,31). The Kier molecular flexibility index (Phi) is 7.25. The van der Waals surface area contributed by atoms with Crippen molar-refractivity contribution in [2.45, 2.75) is 13.1 Å². The molecule has 0 saturated heterocycles. The molecule has 3 heterocycles. The number of carbonyl (C=O) groups excluding carboxylic acids is 1. The second-order valence-electron chi connectivity index (χ2n) is 7.58. The summed E-state index contributed by atoms with van der Waals surface area (Å²) in [7, 11) is 3.07. The van der Waals surface area contributed by atoms with E-state index in [4.69, 9.17) is 9.47 Å². The van der Waals surface area contributed by atoms with Gasteiger partial charge in [0.05, 0.1) is 30.8 Å². The van der Waals surface area contributed by atoms with Gasteiger partial charge in [0.25, 0.3) is 11.5 Å². The van der Waals surface area contributed by atoms with Crippen molar-refractivity contribution in [1.82, 2.24) is 24.4 Å². The van der Waals surface area contributed by atoms with Gasteiger partial charge in [-0.15, -0.1) is 0 Å². The highest BCUT2D eigenvalue weighted by molar-refractivity contribution is 9.10. The first-order valence-electron chi connectivity index (χ1n) is 10.6. The summed E-state index contributed by atoms with van der Waals surface area (Å²) in [6.07, 6.45) is 2.95. The minimum atomic E-state index is -0.515. The van der Waals surface area contributed by atoms with Crippen LogP contribution in [0.1, 0.15) is 16.1 Å². The number of nitrogens with one attached hydrogen (secondary N) is 1. The number of aryl methyl sites for hydroxylation is 1. The Morgan fingerprint density at radius 1 is 1.09 bits per heavy atom. The molecule has 3 aromatic heterocycles. The van der Waals surface area contributed by atoms with Crippen LogP contribution in [0.4, 0.5) is 0 Å². The van der Waals surface area contributed by atoms with Crippen LogP contribution < -0.4 is 26.0 Å². The molecule has 0 atom stereocenters. The van der Waals surface area contributed by atoms with Crippen molar-refractivity contribution < 1.29 is 14.3 Å². The molecule has 0 radical (unpaired) electrons. The number of nitrogens with zero attached hydrogens (tertiary/aromatic N) is 4. The first kappa shape index (κ1) is 24.1. The van der Waals surface area contributed by atoms with Crippen molar-refractivity contribution in [2.75, 3.05) is 13.7 Å². The average Bonchev–Trinajstić information content (AvgIpc) is 2.89.